The van der Waals surface area contributed by atoms with Crippen molar-refractivity contribution in [1.82, 2.24) is 0 Å². The zero-order chi connectivity index (χ0) is 14.9. The van der Waals surface area contributed by atoms with Crippen LogP contribution in [0.4, 0.5) is 21.5 Å². The summed E-state index contributed by atoms with van der Waals surface area (Å²) in [6, 6.07) is 7.29. The van der Waals surface area contributed by atoms with Crippen molar-refractivity contribution in [3.8, 4) is 0 Å². The Bertz CT molecular complexity index is 694. The maximum absolute atomic E-state index is 13.8. The van der Waals surface area contributed by atoms with Gasteiger partial charge in [0.05, 0.1) is 22.0 Å². The molecule has 0 radical (unpaired) electrons. The summed E-state index contributed by atoms with van der Waals surface area (Å²) in [6.45, 7) is 0. The minimum absolute atomic E-state index is 0.0947. The molecule has 2 rings (SSSR count). The van der Waals surface area contributed by atoms with Crippen LogP contribution in [-0.4, -0.2) is 5.91 Å². The number of nitrogens with two attached hydrogens (primary N) is 2. The van der Waals surface area contributed by atoms with Crippen LogP contribution in [0.5, 0.6) is 0 Å². The van der Waals surface area contributed by atoms with Crippen molar-refractivity contribution in [3.63, 3.8) is 0 Å². The first kappa shape index (κ1) is 14.6. The largest absolute Gasteiger partial charge is 0.399 e. The van der Waals surface area contributed by atoms with E-state index in [4.69, 9.17) is 23.1 Å². The molecular formula is C13H10BrClFN3O. The van der Waals surface area contributed by atoms with Gasteiger partial charge >= 0.3 is 0 Å². The number of carbonyl (C=O) groups excluding carboxylic acids is 1. The number of benzene rings is 2. The van der Waals surface area contributed by atoms with Gasteiger partial charge in [-0.05, 0) is 30.3 Å². The van der Waals surface area contributed by atoms with Gasteiger partial charge in [0.1, 0.15) is 5.82 Å². The monoisotopic (exact) mass is 357 g/mol. The molecule has 0 heterocycles. The number of amides is 1. The lowest BCUT2D eigenvalue weighted by Crippen LogP contribution is -2.14. The fourth-order valence-corrected chi connectivity index (χ4v) is 2.28. The number of anilines is 3. The number of halogens is 3. The highest BCUT2D eigenvalue weighted by atomic mass is 79.9. The molecule has 0 spiro atoms. The Labute approximate surface area is 128 Å². The third kappa shape index (κ3) is 3.02. The molecule has 0 aliphatic carbocycles. The summed E-state index contributed by atoms with van der Waals surface area (Å²) in [7, 11) is 0. The van der Waals surface area contributed by atoms with E-state index >= 15 is 0 Å². The van der Waals surface area contributed by atoms with E-state index in [0.29, 0.717) is 10.2 Å². The maximum Gasteiger partial charge on any atom is 0.250 e. The molecule has 0 aromatic heterocycles. The average Bonchev–Trinajstić information content (AvgIpc) is 2.34. The molecule has 0 unspecified atom stereocenters. The number of primary amides is 1. The van der Waals surface area contributed by atoms with Gasteiger partial charge in [-0.1, -0.05) is 27.5 Å². The molecule has 0 aliphatic heterocycles. The van der Waals surface area contributed by atoms with Crippen molar-refractivity contribution < 1.29 is 9.18 Å². The third-order valence-electron chi connectivity index (χ3n) is 2.57. The molecule has 0 fully saturated rings. The number of hydrogen-bond donors (Lipinski definition) is 3. The van der Waals surface area contributed by atoms with Gasteiger partial charge in [0.2, 0.25) is 0 Å². The Kier molecular flexibility index (Phi) is 4.15. The van der Waals surface area contributed by atoms with Crippen molar-refractivity contribution in [3.05, 3.63) is 51.2 Å². The minimum Gasteiger partial charge on any atom is -0.399 e. The van der Waals surface area contributed by atoms with Crippen LogP contribution < -0.4 is 16.8 Å². The Morgan fingerprint density at radius 1 is 1.30 bits per heavy atom. The standard InChI is InChI=1S/C13H10BrClFN3O/c14-6-1-2-11(10(16)3-6)19-12-8(13(18)20)4-7(17)5-9(12)15/h1-5,19H,17H2,(H2,18,20). The van der Waals surface area contributed by atoms with Crippen LogP contribution in [-0.2, 0) is 0 Å². The predicted molar refractivity (Wildman–Crippen MR) is 81.8 cm³/mol. The van der Waals surface area contributed by atoms with Crippen molar-refractivity contribution >= 4 is 50.5 Å². The van der Waals surface area contributed by atoms with E-state index in [2.05, 4.69) is 21.2 Å². The molecule has 104 valence electrons. The highest BCUT2D eigenvalue weighted by Gasteiger charge is 2.15. The topological polar surface area (TPSA) is 81.1 Å². The lowest BCUT2D eigenvalue weighted by Gasteiger charge is -2.13. The quantitative estimate of drug-likeness (QED) is 0.732. The van der Waals surface area contributed by atoms with Gasteiger partial charge in [-0.2, -0.15) is 0 Å². The first-order chi connectivity index (χ1) is 9.38. The molecule has 0 aliphatic rings. The first-order valence-electron chi connectivity index (χ1n) is 5.49. The molecule has 7 heteroatoms. The molecule has 0 saturated heterocycles. The van der Waals surface area contributed by atoms with Gasteiger partial charge in [0.25, 0.3) is 5.91 Å². The van der Waals surface area contributed by atoms with Crippen molar-refractivity contribution in [2.75, 3.05) is 11.1 Å². The minimum atomic E-state index is -0.709. The van der Waals surface area contributed by atoms with Crippen LogP contribution in [0, 0.1) is 5.82 Å². The summed E-state index contributed by atoms with van der Waals surface area (Å²) < 4.78 is 14.4. The Balaban J connectivity index is 2.50. The summed E-state index contributed by atoms with van der Waals surface area (Å²) in [6.07, 6.45) is 0. The molecular weight excluding hydrogens is 349 g/mol. The molecule has 4 nitrogen and oxygen atoms in total. The second-order valence-corrected chi connectivity index (χ2v) is 5.36. The first-order valence-corrected chi connectivity index (χ1v) is 6.66. The molecule has 2 aromatic rings. The van der Waals surface area contributed by atoms with Crippen LogP contribution in [0.1, 0.15) is 10.4 Å². The van der Waals surface area contributed by atoms with Crippen molar-refractivity contribution in [2.24, 2.45) is 5.73 Å². The molecule has 0 atom stereocenters. The van der Waals surface area contributed by atoms with Crippen LogP contribution in [0.15, 0.2) is 34.8 Å². The number of nitrogen functional groups attached to an aromatic ring is 1. The van der Waals surface area contributed by atoms with E-state index in [1.165, 1.54) is 24.3 Å². The fourth-order valence-electron chi connectivity index (χ4n) is 1.67. The van der Waals surface area contributed by atoms with Gasteiger partial charge in [-0.15, -0.1) is 0 Å². The van der Waals surface area contributed by atoms with Gasteiger partial charge < -0.3 is 16.8 Å². The summed E-state index contributed by atoms with van der Waals surface area (Å²) in [5.41, 5.74) is 11.7. The molecule has 0 saturated carbocycles. The van der Waals surface area contributed by atoms with Crippen LogP contribution >= 0.6 is 27.5 Å². The van der Waals surface area contributed by atoms with Crippen LogP contribution in [0.3, 0.4) is 0 Å². The van der Waals surface area contributed by atoms with Gasteiger partial charge in [0.15, 0.2) is 0 Å². The molecule has 0 bridgehead atoms. The zero-order valence-corrected chi connectivity index (χ0v) is 12.4. The van der Waals surface area contributed by atoms with E-state index in [1.807, 2.05) is 0 Å². The predicted octanol–water partition coefficient (Wildman–Crippen LogP) is 3.67. The summed E-state index contributed by atoms with van der Waals surface area (Å²) >= 11 is 9.19. The highest BCUT2D eigenvalue weighted by molar-refractivity contribution is 9.10. The number of nitrogens with one attached hydrogen (secondary N) is 1. The number of rotatable bonds is 3. The summed E-state index contributed by atoms with van der Waals surface area (Å²) in [5.74, 6) is -1.21. The summed E-state index contributed by atoms with van der Waals surface area (Å²) in [4.78, 5) is 11.4. The second-order valence-electron chi connectivity index (χ2n) is 4.04. The lowest BCUT2D eigenvalue weighted by molar-refractivity contribution is 0.100. The van der Waals surface area contributed by atoms with Crippen molar-refractivity contribution in [2.45, 2.75) is 0 Å². The van der Waals surface area contributed by atoms with E-state index in [1.54, 1.807) is 6.07 Å². The molecule has 5 N–H and O–H groups in total. The SMILES string of the molecule is NC(=O)c1cc(N)cc(Cl)c1Nc1ccc(Br)cc1F. The smallest absolute Gasteiger partial charge is 0.250 e. The Morgan fingerprint density at radius 3 is 2.60 bits per heavy atom. The van der Waals surface area contributed by atoms with Crippen LogP contribution in [0.2, 0.25) is 5.02 Å². The molecule has 1 amide bonds. The van der Waals surface area contributed by atoms with Gasteiger partial charge in [-0.3, -0.25) is 4.79 Å². The second kappa shape index (κ2) is 5.68. The zero-order valence-electron chi connectivity index (χ0n) is 10.1. The lowest BCUT2D eigenvalue weighted by atomic mass is 10.1. The van der Waals surface area contributed by atoms with E-state index in [9.17, 15) is 9.18 Å². The molecule has 20 heavy (non-hydrogen) atoms. The van der Waals surface area contributed by atoms with E-state index in [-0.39, 0.29) is 22.0 Å². The van der Waals surface area contributed by atoms with Crippen molar-refractivity contribution in [1.29, 1.82) is 0 Å². The Morgan fingerprint density at radius 2 is 2.00 bits per heavy atom. The Hall–Kier alpha value is -1.79. The van der Waals surface area contributed by atoms with E-state index in [0.717, 1.165) is 0 Å². The third-order valence-corrected chi connectivity index (χ3v) is 3.36. The highest BCUT2D eigenvalue weighted by Crippen LogP contribution is 2.33. The van der Waals surface area contributed by atoms with Gasteiger partial charge in [0, 0.05) is 10.2 Å². The van der Waals surface area contributed by atoms with Crippen LogP contribution in [0.25, 0.3) is 0 Å². The fraction of sp³-hybridized carbons (Fsp3) is 0. The maximum atomic E-state index is 13.8. The molecule has 2 aromatic carbocycles. The normalized spacial score (nSPS) is 10.3. The average molecular weight is 359 g/mol. The van der Waals surface area contributed by atoms with E-state index < -0.39 is 11.7 Å². The van der Waals surface area contributed by atoms with Gasteiger partial charge in [-0.25, -0.2) is 4.39 Å². The number of hydrogen-bond acceptors (Lipinski definition) is 3. The summed E-state index contributed by atoms with van der Waals surface area (Å²) in [5, 5.41) is 2.94. The number of carbonyl (C=O) groups is 1.